The molecule has 1 aliphatic heterocycles. The van der Waals surface area contributed by atoms with E-state index in [0.29, 0.717) is 5.92 Å². The van der Waals surface area contributed by atoms with Gasteiger partial charge in [-0.2, -0.15) is 0 Å². The Morgan fingerprint density at radius 2 is 2.38 bits per heavy atom. The van der Waals surface area contributed by atoms with Crippen LogP contribution >= 0.6 is 0 Å². The van der Waals surface area contributed by atoms with Crippen LogP contribution in [-0.4, -0.2) is 11.4 Å². The SMILES string of the molecule is CCCC[C@@H]1C=CCC[C@]12CCCC(=O)N2. The largest absolute Gasteiger partial charge is 0.350 e. The van der Waals surface area contributed by atoms with Gasteiger partial charge in [0.25, 0.3) is 0 Å². The monoisotopic (exact) mass is 221 g/mol. The van der Waals surface area contributed by atoms with Gasteiger partial charge in [-0.1, -0.05) is 31.9 Å². The Kier molecular flexibility index (Phi) is 3.67. The molecule has 2 heteroatoms. The van der Waals surface area contributed by atoms with E-state index in [9.17, 15) is 4.79 Å². The Labute approximate surface area is 98.5 Å². The highest BCUT2D eigenvalue weighted by Crippen LogP contribution is 2.38. The number of piperidine rings is 1. The second-order valence-electron chi connectivity index (χ2n) is 5.27. The lowest BCUT2D eigenvalue weighted by atomic mass is 9.70. The fourth-order valence-corrected chi connectivity index (χ4v) is 3.20. The molecule has 0 aromatic heterocycles. The van der Waals surface area contributed by atoms with Gasteiger partial charge in [-0.15, -0.1) is 0 Å². The quantitative estimate of drug-likeness (QED) is 0.729. The summed E-state index contributed by atoms with van der Waals surface area (Å²) in [7, 11) is 0. The highest BCUT2D eigenvalue weighted by molar-refractivity contribution is 5.77. The first-order valence-electron chi connectivity index (χ1n) is 6.74. The Hall–Kier alpha value is -0.790. The molecule has 0 radical (unpaired) electrons. The van der Waals surface area contributed by atoms with E-state index < -0.39 is 0 Å². The summed E-state index contributed by atoms with van der Waals surface area (Å²) in [6.07, 6.45) is 13.6. The topological polar surface area (TPSA) is 29.1 Å². The minimum Gasteiger partial charge on any atom is -0.350 e. The molecule has 1 aliphatic carbocycles. The average Bonchev–Trinajstić information content (AvgIpc) is 2.28. The first-order valence-corrected chi connectivity index (χ1v) is 6.74. The van der Waals surface area contributed by atoms with Gasteiger partial charge in [-0.25, -0.2) is 0 Å². The summed E-state index contributed by atoms with van der Waals surface area (Å²) in [6.45, 7) is 2.23. The van der Waals surface area contributed by atoms with Crippen molar-refractivity contribution in [3.63, 3.8) is 0 Å². The van der Waals surface area contributed by atoms with Gasteiger partial charge < -0.3 is 5.32 Å². The molecule has 90 valence electrons. The van der Waals surface area contributed by atoms with Crippen LogP contribution < -0.4 is 5.32 Å². The Balaban J connectivity index is 2.09. The molecule has 0 aromatic rings. The molecule has 1 spiro atoms. The molecule has 2 atom stereocenters. The summed E-state index contributed by atoms with van der Waals surface area (Å²) in [4.78, 5) is 11.6. The molecular weight excluding hydrogens is 198 g/mol. The van der Waals surface area contributed by atoms with Crippen LogP contribution in [0.25, 0.3) is 0 Å². The van der Waals surface area contributed by atoms with E-state index in [-0.39, 0.29) is 11.4 Å². The molecular formula is C14H23NO. The molecule has 1 amide bonds. The predicted molar refractivity (Wildman–Crippen MR) is 66.1 cm³/mol. The first-order chi connectivity index (χ1) is 7.77. The second kappa shape index (κ2) is 5.03. The number of allylic oxidation sites excluding steroid dienone is 1. The third-order valence-corrected chi connectivity index (χ3v) is 4.12. The third kappa shape index (κ3) is 2.31. The highest BCUT2D eigenvalue weighted by Gasteiger charge is 2.41. The van der Waals surface area contributed by atoms with Crippen LogP contribution in [0.3, 0.4) is 0 Å². The molecule has 16 heavy (non-hydrogen) atoms. The summed E-state index contributed by atoms with van der Waals surface area (Å²) in [5.41, 5.74) is 0.110. The third-order valence-electron chi connectivity index (χ3n) is 4.12. The number of carbonyl (C=O) groups excluding carboxylic acids is 1. The van der Waals surface area contributed by atoms with Crippen molar-refractivity contribution in [3.8, 4) is 0 Å². The number of hydrogen-bond acceptors (Lipinski definition) is 1. The fourth-order valence-electron chi connectivity index (χ4n) is 3.20. The van der Waals surface area contributed by atoms with E-state index in [1.807, 2.05) is 0 Å². The van der Waals surface area contributed by atoms with Gasteiger partial charge in [0.15, 0.2) is 0 Å². The van der Waals surface area contributed by atoms with Gasteiger partial charge in [0.1, 0.15) is 0 Å². The van der Waals surface area contributed by atoms with Crippen LogP contribution in [0.1, 0.15) is 58.3 Å². The van der Waals surface area contributed by atoms with Crippen molar-refractivity contribution in [3.05, 3.63) is 12.2 Å². The Morgan fingerprint density at radius 3 is 3.12 bits per heavy atom. The van der Waals surface area contributed by atoms with Crippen molar-refractivity contribution in [1.82, 2.24) is 5.32 Å². The molecule has 0 unspecified atom stereocenters. The molecule has 2 nitrogen and oxygen atoms in total. The number of unbranched alkanes of at least 4 members (excludes halogenated alkanes) is 1. The summed E-state index contributed by atoms with van der Waals surface area (Å²) in [5.74, 6) is 0.841. The van der Waals surface area contributed by atoms with Crippen molar-refractivity contribution in [1.29, 1.82) is 0 Å². The molecule has 0 saturated carbocycles. The minimum absolute atomic E-state index is 0.110. The van der Waals surface area contributed by atoms with Crippen molar-refractivity contribution in [2.24, 2.45) is 5.92 Å². The lowest BCUT2D eigenvalue weighted by Crippen LogP contribution is -2.56. The highest BCUT2D eigenvalue weighted by atomic mass is 16.1. The van der Waals surface area contributed by atoms with Crippen LogP contribution in [0, 0.1) is 5.92 Å². The Bertz CT molecular complexity index is 284. The lowest BCUT2D eigenvalue weighted by molar-refractivity contribution is -0.126. The van der Waals surface area contributed by atoms with E-state index >= 15 is 0 Å². The Morgan fingerprint density at radius 1 is 1.50 bits per heavy atom. The molecule has 2 rings (SSSR count). The fraction of sp³-hybridized carbons (Fsp3) is 0.786. The normalized spacial score (nSPS) is 34.1. The van der Waals surface area contributed by atoms with E-state index in [2.05, 4.69) is 24.4 Å². The maximum Gasteiger partial charge on any atom is 0.220 e. The van der Waals surface area contributed by atoms with Gasteiger partial charge in [-0.3, -0.25) is 4.79 Å². The zero-order chi connectivity index (χ0) is 11.4. The molecule has 1 heterocycles. The molecule has 1 fully saturated rings. The molecule has 0 bridgehead atoms. The zero-order valence-electron chi connectivity index (χ0n) is 10.3. The van der Waals surface area contributed by atoms with Crippen molar-refractivity contribution in [2.75, 3.05) is 0 Å². The summed E-state index contributed by atoms with van der Waals surface area (Å²) in [6, 6.07) is 0. The van der Waals surface area contributed by atoms with E-state index in [0.717, 1.165) is 25.7 Å². The second-order valence-corrected chi connectivity index (χ2v) is 5.27. The smallest absolute Gasteiger partial charge is 0.220 e. The van der Waals surface area contributed by atoms with Gasteiger partial charge in [0.05, 0.1) is 0 Å². The average molecular weight is 221 g/mol. The van der Waals surface area contributed by atoms with Crippen LogP contribution in [-0.2, 0) is 4.79 Å². The number of nitrogens with one attached hydrogen (secondary N) is 1. The number of amides is 1. The lowest BCUT2D eigenvalue weighted by Gasteiger charge is -2.45. The van der Waals surface area contributed by atoms with Crippen molar-refractivity contribution < 1.29 is 4.79 Å². The number of hydrogen-bond donors (Lipinski definition) is 1. The van der Waals surface area contributed by atoms with Gasteiger partial charge in [0, 0.05) is 12.0 Å². The maximum absolute atomic E-state index is 11.6. The van der Waals surface area contributed by atoms with Crippen LogP contribution in [0.5, 0.6) is 0 Å². The van der Waals surface area contributed by atoms with Crippen molar-refractivity contribution >= 4 is 5.91 Å². The number of carbonyl (C=O) groups is 1. The minimum atomic E-state index is 0.110. The molecule has 1 N–H and O–H groups in total. The van der Waals surface area contributed by atoms with Gasteiger partial charge >= 0.3 is 0 Å². The van der Waals surface area contributed by atoms with Crippen LogP contribution in [0.2, 0.25) is 0 Å². The van der Waals surface area contributed by atoms with Gasteiger partial charge in [-0.05, 0) is 38.0 Å². The standard InChI is InChI=1S/C14H23NO/c1-2-3-7-12-8-4-5-10-14(12)11-6-9-13(16)15-14/h4,8,12H,2-3,5-7,9-11H2,1H3,(H,15,16)/t12-,14+/m1/s1. The summed E-state index contributed by atoms with van der Waals surface area (Å²) < 4.78 is 0. The maximum atomic E-state index is 11.6. The van der Waals surface area contributed by atoms with Gasteiger partial charge in [0.2, 0.25) is 5.91 Å². The molecule has 2 aliphatic rings. The van der Waals surface area contributed by atoms with Crippen molar-refractivity contribution in [2.45, 2.75) is 63.8 Å². The number of rotatable bonds is 3. The predicted octanol–water partition coefficient (Wildman–Crippen LogP) is 3.18. The zero-order valence-corrected chi connectivity index (χ0v) is 10.3. The molecule has 1 saturated heterocycles. The van der Waals surface area contributed by atoms with Crippen LogP contribution in [0.4, 0.5) is 0 Å². The molecule has 0 aromatic carbocycles. The van der Waals surface area contributed by atoms with E-state index in [4.69, 9.17) is 0 Å². The summed E-state index contributed by atoms with van der Waals surface area (Å²) in [5, 5.41) is 3.30. The van der Waals surface area contributed by atoms with Crippen LogP contribution in [0.15, 0.2) is 12.2 Å². The van der Waals surface area contributed by atoms with E-state index in [1.165, 1.54) is 25.7 Å². The van der Waals surface area contributed by atoms with E-state index in [1.54, 1.807) is 0 Å². The summed E-state index contributed by atoms with van der Waals surface area (Å²) >= 11 is 0. The first kappa shape index (κ1) is 11.7.